The van der Waals surface area contributed by atoms with E-state index in [-0.39, 0.29) is 10.7 Å². The molecule has 1 aromatic rings. The van der Waals surface area contributed by atoms with E-state index < -0.39 is 0 Å². The van der Waals surface area contributed by atoms with Crippen molar-refractivity contribution >= 4 is 17.9 Å². The molecular formula is C13H19NO2S. The molecule has 0 spiro atoms. The van der Waals surface area contributed by atoms with Crippen LogP contribution in [0.3, 0.4) is 0 Å². The van der Waals surface area contributed by atoms with E-state index in [0.29, 0.717) is 5.56 Å². The number of hydrogen-bond acceptors (Lipinski definition) is 4. The van der Waals surface area contributed by atoms with Gasteiger partial charge in [0.2, 0.25) is 0 Å². The van der Waals surface area contributed by atoms with Gasteiger partial charge in [0, 0.05) is 11.3 Å². The van der Waals surface area contributed by atoms with Crippen LogP contribution in [0.25, 0.3) is 0 Å². The summed E-state index contributed by atoms with van der Waals surface area (Å²) in [5, 5.41) is 0. The van der Waals surface area contributed by atoms with Gasteiger partial charge in [-0.1, -0.05) is 24.1 Å². The smallest absolute Gasteiger partial charge is 0.337 e. The third kappa shape index (κ3) is 5.24. The summed E-state index contributed by atoms with van der Waals surface area (Å²) in [6.07, 6.45) is 0. The van der Waals surface area contributed by atoms with Gasteiger partial charge in [-0.2, -0.15) is 0 Å². The van der Waals surface area contributed by atoms with Crippen molar-refractivity contribution in [1.29, 1.82) is 0 Å². The highest BCUT2D eigenvalue weighted by atomic mass is 32.2. The maximum atomic E-state index is 11.4. The van der Waals surface area contributed by atoms with E-state index in [4.69, 9.17) is 0 Å². The van der Waals surface area contributed by atoms with Crippen LogP contribution in [0.4, 0.5) is 0 Å². The Morgan fingerprint density at radius 3 is 2.71 bits per heavy atom. The topological polar surface area (TPSA) is 38.3 Å². The fourth-order valence-corrected chi connectivity index (χ4v) is 1.93. The summed E-state index contributed by atoms with van der Waals surface area (Å²) in [7, 11) is 1.39. The first-order chi connectivity index (χ1) is 7.92. The van der Waals surface area contributed by atoms with E-state index in [1.807, 2.05) is 18.2 Å². The molecule has 0 heterocycles. The molecule has 1 aromatic carbocycles. The van der Waals surface area contributed by atoms with Crippen molar-refractivity contribution in [2.45, 2.75) is 32.1 Å². The number of carbonyl (C=O) groups is 1. The standard InChI is InChI=1S/C13H19NO2S/c1-13(2,3)17-14-9-10-6-5-7-11(8-10)12(15)16-4/h5-8,14H,9H2,1-4H3. The highest BCUT2D eigenvalue weighted by Crippen LogP contribution is 2.20. The fraction of sp³-hybridized carbons (Fsp3) is 0.462. The van der Waals surface area contributed by atoms with Crippen LogP contribution in [0.1, 0.15) is 36.7 Å². The molecule has 0 fully saturated rings. The number of carbonyl (C=O) groups excluding carboxylic acids is 1. The van der Waals surface area contributed by atoms with Crippen molar-refractivity contribution in [2.24, 2.45) is 0 Å². The summed E-state index contributed by atoms with van der Waals surface area (Å²) in [5.41, 5.74) is 1.66. The molecule has 1 N–H and O–H groups in total. The Morgan fingerprint density at radius 2 is 2.12 bits per heavy atom. The predicted octanol–water partition coefficient (Wildman–Crippen LogP) is 3.01. The van der Waals surface area contributed by atoms with Crippen LogP contribution in [0.15, 0.2) is 24.3 Å². The van der Waals surface area contributed by atoms with Crippen molar-refractivity contribution < 1.29 is 9.53 Å². The zero-order chi connectivity index (χ0) is 12.9. The maximum absolute atomic E-state index is 11.4. The number of ether oxygens (including phenoxy) is 1. The van der Waals surface area contributed by atoms with Crippen LogP contribution in [0.2, 0.25) is 0 Å². The first-order valence-corrected chi connectivity index (χ1v) is 6.32. The summed E-state index contributed by atoms with van der Waals surface area (Å²) in [4.78, 5) is 11.4. The van der Waals surface area contributed by atoms with Gasteiger partial charge < -0.3 is 4.74 Å². The van der Waals surface area contributed by atoms with E-state index in [1.54, 1.807) is 18.0 Å². The predicted molar refractivity (Wildman–Crippen MR) is 72.0 cm³/mol. The van der Waals surface area contributed by atoms with Crippen molar-refractivity contribution in [3.8, 4) is 0 Å². The highest BCUT2D eigenvalue weighted by Gasteiger charge is 2.10. The van der Waals surface area contributed by atoms with Gasteiger partial charge in [-0.3, -0.25) is 4.72 Å². The minimum atomic E-state index is -0.296. The van der Waals surface area contributed by atoms with Crippen LogP contribution >= 0.6 is 11.9 Å². The molecule has 0 unspecified atom stereocenters. The second-order valence-electron chi connectivity index (χ2n) is 4.73. The largest absolute Gasteiger partial charge is 0.465 e. The first-order valence-electron chi connectivity index (χ1n) is 5.50. The van der Waals surface area contributed by atoms with Gasteiger partial charge in [-0.15, -0.1) is 0 Å². The molecule has 0 aliphatic rings. The molecule has 0 aliphatic heterocycles. The molecular weight excluding hydrogens is 234 g/mol. The Hall–Kier alpha value is -1.00. The Balaban J connectivity index is 2.57. The van der Waals surface area contributed by atoms with Gasteiger partial charge in [0.1, 0.15) is 0 Å². The molecule has 0 aromatic heterocycles. The van der Waals surface area contributed by atoms with Crippen LogP contribution in [0.5, 0.6) is 0 Å². The molecule has 3 nitrogen and oxygen atoms in total. The van der Waals surface area contributed by atoms with Crippen LogP contribution < -0.4 is 4.72 Å². The number of esters is 1. The Bertz CT molecular complexity index is 385. The van der Waals surface area contributed by atoms with E-state index in [0.717, 1.165) is 12.1 Å². The summed E-state index contributed by atoms with van der Waals surface area (Å²) in [6.45, 7) is 7.17. The second kappa shape index (κ2) is 6.07. The molecule has 17 heavy (non-hydrogen) atoms. The van der Waals surface area contributed by atoms with E-state index in [1.165, 1.54) is 7.11 Å². The normalized spacial score (nSPS) is 11.3. The van der Waals surface area contributed by atoms with Crippen molar-refractivity contribution in [2.75, 3.05) is 7.11 Å². The average Bonchev–Trinajstić information content (AvgIpc) is 2.27. The average molecular weight is 253 g/mol. The number of nitrogens with one attached hydrogen (secondary N) is 1. The second-order valence-corrected chi connectivity index (χ2v) is 6.45. The Morgan fingerprint density at radius 1 is 1.41 bits per heavy atom. The molecule has 4 heteroatoms. The molecule has 0 aliphatic carbocycles. The molecule has 0 radical (unpaired) electrons. The van der Waals surface area contributed by atoms with Gasteiger partial charge >= 0.3 is 5.97 Å². The number of rotatable bonds is 4. The lowest BCUT2D eigenvalue weighted by Gasteiger charge is -2.17. The lowest BCUT2D eigenvalue weighted by molar-refractivity contribution is 0.0600. The summed E-state index contributed by atoms with van der Waals surface area (Å²) < 4.78 is 8.16. The minimum absolute atomic E-state index is 0.181. The third-order valence-corrected chi connectivity index (χ3v) is 2.90. The first kappa shape index (κ1) is 14.1. The van der Waals surface area contributed by atoms with Crippen molar-refractivity contribution in [3.05, 3.63) is 35.4 Å². The molecule has 0 amide bonds. The quantitative estimate of drug-likeness (QED) is 0.661. The zero-order valence-corrected chi connectivity index (χ0v) is 11.6. The molecule has 0 bridgehead atoms. The van der Waals surface area contributed by atoms with Crippen molar-refractivity contribution in [3.63, 3.8) is 0 Å². The molecule has 94 valence electrons. The van der Waals surface area contributed by atoms with Crippen LogP contribution in [-0.4, -0.2) is 17.8 Å². The molecule has 1 rings (SSSR count). The number of benzene rings is 1. The van der Waals surface area contributed by atoms with Gasteiger partial charge in [0.05, 0.1) is 12.7 Å². The van der Waals surface area contributed by atoms with Gasteiger partial charge in [-0.25, -0.2) is 4.79 Å². The SMILES string of the molecule is COC(=O)c1cccc(CNSC(C)(C)C)c1. The maximum Gasteiger partial charge on any atom is 0.337 e. The summed E-state index contributed by atoms with van der Waals surface area (Å²) in [5.74, 6) is -0.296. The molecule has 0 atom stereocenters. The monoisotopic (exact) mass is 253 g/mol. The molecule has 0 saturated heterocycles. The Kier molecular flexibility index (Phi) is 5.02. The van der Waals surface area contributed by atoms with Crippen molar-refractivity contribution in [1.82, 2.24) is 4.72 Å². The van der Waals surface area contributed by atoms with Gasteiger partial charge in [0.15, 0.2) is 0 Å². The summed E-state index contributed by atoms with van der Waals surface area (Å²) in [6, 6.07) is 7.46. The number of hydrogen-bond donors (Lipinski definition) is 1. The van der Waals surface area contributed by atoms with Gasteiger partial charge in [0.25, 0.3) is 0 Å². The zero-order valence-electron chi connectivity index (χ0n) is 10.7. The highest BCUT2D eigenvalue weighted by molar-refractivity contribution is 7.98. The lowest BCUT2D eigenvalue weighted by atomic mass is 10.1. The van der Waals surface area contributed by atoms with E-state index in [2.05, 4.69) is 30.2 Å². The van der Waals surface area contributed by atoms with Crippen LogP contribution in [0, 0.1) is 0 Å². The molecule has 0 saturated carbocycles. The van der Waals surface area contributed by atoms with E-state index >= 15 is 0 Å². The summed E-state index contributed by atoms with van der Waals surface area (Å²) >= 11 is 1.68. The van der Waals surface area contributed by atoms with E-state index in [9.17, 15) is 4.79 Å². The minimum Gasteiger partial charge on any atom is -0.465 e. The fourth-order valence-electron chi connectivity index (χ4n) is 1.26. The Labute approximate surface area is 107 Å². The van der Waals surface area contributed by atoms with Gasteiger partial charge in [-0.05, 0) is 38.5 Å². The number of methoxy groups -OCH3 is 1. The third-order valence-electron chi connectivity index (χ3n) is 2.00. The van der Waals surface area contributed by atoms with Crippen LogP contribution in [-0.2, 0) is 11.3 Å². The lowest BCUT2D eigenvalue weighted by Crippen LogP contribution is -2.16.